The van der Waals surface area contributed by atoms with E-state index in [2.05, 4.69) is 5.32 Å². The monoisotopic (exact) mass is 496 g/mol. The second kappa shape index (κ2) is 9.47. The smallest absolute Gasteiger partial charge is 0.404 e. The van der Waals surface area contributed by atoms with E-state index in [0.717, 1.165) is 12.1 Å². The van der Waals surface area contributed by atoms with Gasteiger partial charge in [-0.2, -0.15) is 13.2 Å². The first-order valence-electron chi connectivity index (χ1n) is 11.3. The van der Waals surface area contributed by atoms with Gasteiger partial charge in [0, 0.05) is 43.6 Å². The van der Waals surface area contributed by atoms with Crippen molar-refractivity contribution in [3.8, 4) is 5.75 Å². The molecular weight excluding hydrogens is 471 g/mol. The number of hydrogen-bond acceptors (Lipinski definition) is 3. The van der Waals surface area contributed by atoms with Crippen molar-refractivity contribution in [1.82, 2.24) is 10.2 Å². The van der Waals surface area contributed by atoms with Crippen molar-refractivity contribution < 1.29 is 36.3 Å². The quantitative estimate of drug-likeness (QED) is 0.633. The molecule has 2 atom stereocenters. The standard InChI is InChI=1S/C25H25F5N2O3/c1-35-20-12-19(27)18(26)11-16(20)17-14-31-21(33)13-24(17)7-9-32(10-8-24)23(34)22(25(28,29)30)15-5-3-2-4-6-15/h2-6,11-12,17,22H,7-10,13-14H2,1H3,(H,31,33). The van der Waals surface area contributed by atoms with E-state index >= 15 is 0 Å². The highest BCUT2D eigenvalue weighted by atomic mass is 19.4. The van der Waals surface area contributed by atoms with Crippen LogP contribution in [-0.2, 0) is 9.59 Å². The Morgan fingerprint density at radius 1 is 1.11 bits per heavy atom. The number of halogens is 5. The topological polar surface area (TPSA) is 58.6 Å². The summed E-state index contributed by atoms with van der Waals surface area (Å²) in [6, 6.07) is 9.02. The van der Waals surface area contributed by atoms with Crippen LogP contribution in [0.25, 0.3) is 0 Å². The van der Waals surface area contributed by atoms with Gasteiger partial charge in [0.2, 0.25) is 11.8 Å². The third kappa shape index (κ3) is 4.83. The minimum atomic E-state index is -4.76. The van der Waals surface area contributed by atoms with E-state index in [-0.39, 0.29) is 56.1 Å². The molecule has 2 aliphatic heterocycles. The van der Waals surface area contributed by atoms with Gasteiger partial charge in [0.15, 0.2) is 17.6 Å². The number of nitrogens with zero attached hydrogens (tertiary/aromatic N) is 1. The number of nitrogens with one attached hydrogen (secondary N) is 1. The van der Waals surface area contributed by atoms with Crippen LogP contribution < -0.4 is 10.1 Å². The summed E-state index contributed by atoms with van der Waals surface area (Å²) in [5.74, 6) is -6.02. The van der Waals surface area contributed by atoms with Gasteiger partial charge in [0.1, 0.15) is 5.75 Å². The Morgan fingerprint density at radius 2 is 1.74 bits per heavy atom. The average Bonchev–Trinajstić information content (AvgIpc) is 2.81. The fraction of sp³-hybridized carbons (Fsp3) is 0.440. The van der Waals surface area contributed by atoms with Crippen molar-refractivity contribution >= 4 is 11.8 Å². The highest BCUT2D eigenvalue weighted by Gasteiger charge is 2.51. The van der Waals surface area contributed by atoms with Gasteiger partial charge in [-0.3, -0.25) is 9.59 Å². The first kappa shape index (κ1) is 24.9. The minimum Gasteiger partial charge on any atom is -0.496 e. The maximum absolute atomic E-state index is 14.1. The summed E-state index contributed by atoms with van der Waals surface area (Å²) in [6.45, 7) is 0.158. The van der Waals surface area contributed by atoms with Gasteiger partial charge in [0.05, 0.1) is 7.11 Å². The number of hydrogen-bond donors (Lipinski definition) is 1. The van der Waals surface area contributed by atoms with Crippen molar-refractivity contribution in [2.75, 3.05) is 26.7 Å². The molecule has 35 heavy (non-hydrogen) atoms. The molecule has 188 valence electrons. The highest BCUT2D eigenvalue weighted by molar-refractivity contribution is 5.85. The summed E-state index contributed by atoms with van der Waals surface area (Å²) in [5, 5.41) is 2.74. The zero-order valence-electron chi connectivity index (χ0n) is 19.0. The summed E-state index contributed by atoms with van der Waals surface area (Å²) in [6.07, 6.45) is -4.24. The number of methoxy groups -OCH3 is 1. The number of piperidine rings is 2. The number of alkyl halides is 3. The zero-order valence-corrected chi connectivity index (χ0v) is 19.0. The molecule has 2 heterocycles. The maximum Gasteiger partial charge on any atom is 0.404 e. The van der Waals surface area contributed by atoms with Crippen LogP contribution in [0.1, 0.15) is 42.2 Å². The summed E-state index contributed by atoms with van der Waals surface area (Å²) in [5.41, 5.74) is -0.493. The van der Waals surface area contributed by atoms with Crippen LogP contribution >= 0.6 is 0 Å². The van der Waals surface area contributed by atoms with Gasteiger partial charge in [-0.15, -0.1) is 0 Å². The number of likely N-dealkylation sites (tertiary alicyclic amines) is 1. The molecule has 2 amide bonds. The number of carbonyl (C=O) groups excluding carboxylic acids is 2. The molecule has 0 aliphatic carbocycles. The van der Waals surface area contributed by atoms with Gasteiger partial charge in [-0.25, -0.2) is 8.78 Å². The van der Waals surface area contributed by atoms with E-state index in [4.69, 9.17) is 4.74 Å². The molecule has 0 aromatic heterocycles. The Hall–Kier alpha value is -3.17. The largest absolute Gasteiger partial charge is 0.496 e. The first-order valence-corrected chi connectivity index (χ1v) is 11.3. The first-order chi connectivity index (χ1) is 16.6. The maximum atomic E-state index is 14.1. The Balaban J connectivity index is 1.61. The van der Waals surface area contributed by atoms with Crippen LogP contribution in [0.3, 0.4) is 0 Å². The van der Waals surface area contributed by atoms with Crippen LogP contribution in [-0.4, -0.2) is 49.6 Å². The lowest BCUT2D eigenvalue weighted by molar-refractivity contribution is -0.173. The van der Waals surface area contributed by atoms with Crippen molar-refractivity contribution in [1.29, 1.82) is 0 Å². The SMILES string of the molecule is COc1cc(F)c(F)cc1C1CNC(=O)CC12CCN(C(=O)C(c1ccccc1)C(F)(F)F)CC2. The normalized spacial score (nSPS) is 20.9. The van der Waals surface area contributed by atoms with E-state index in [1.807, 2.05) is 0 Å². The van der Waals surface area contributed by atoms with E-state index in [0.29, 0.717) is 5.56 Å². The molecular formula is C25H25F5N2O3. The Bertz CT molecular complexity index is 1100. The molecule has 2 aliphatic rings. The predicted octanol–water partition coefficient (Wildman–Crippen LogP) is 4.53. The predicted molar refractivity (Wildman–Crippen MR) is 117 cm³/mol. The van der Waals surface area contributed by atoms with Gasteiger partial charge in [-0.05, 0) is 29.9 Å². The Kier molecular flexibility index (Phi) is 6.75. The lowest BCUT2D eigenvalue weighted by Gasteiger charge is -2.49. The van der Waals surface area contributed by atoms with Crippen LogP contribution in [0.2, 0.25) is 0 Å². The molecule has 4 rings (SSSR count). The molecule has 1 spiro atoms. The number of carbonyl (C=O) groups is 2. The molecule has 10 heteroatoms. The average molecular weight is 496 g/mol. The van der Waals surface area contributed by atoms with Crippen molar-refractivity contribution in [3.05, 3.63) is 65.2 Å². The molecule has 0 radical (unpaired) electrons. The summed E-state index contributed by atoms with van der Waals surface area (Å²) >= 11 is 0. The molecule has 2 saturated heterocycles. The van der Waals surface area contributed by atoms with Crippen molar-refractivity contribution in [2.45, 2.75) is 37.3 Å². The summed E-state index contributed by atoms with van der Waals surface area (Å²) < 4.78 is 74.8. The van der Waals surface area contributed by atoms with Crippen LogP contribution in [0.5, 0.6) is 5.75 Å². The molecule has 2 unspecified atom stereocenters. The molecule has 1 N–H and O–H groups in total. The lowest BCUT2D eigenvalue weighted by atomic mass is 9.62. The number of amides is 2. The molecule has 5 nitrogen and oxygen atoms in total. The fourth-order valence-electron chi connectivity index (χ4n) is 5.37. The van der Waals surface area contributed by atoms with Crippen LogP contribution in [0.15, 0.2) is 42.5 Å². The highest BCUT2D eigenvalue weighted by Crippen LogP contribution is 2.51. The molecule has 2 aromatic carbocycles. The van der Waals surface area contributed by atoms with E-state index in [9.17, 15) is 31.5 Å². The summed E-state index contributed by atoms with van der Waals surface area (Å²) in [7, 11) is 1.33. The Morgan fingerprint density at radius 3 is 2.34 bits per heavy atom. The second-order valence-electron chi connectivity index (χ2n) is 9.11. The van der Waals surface area contributed by atoms with Crippen LogP contribution in [0, 0.1) is 17.0 Å². The number of ether oxygens (including phenoxy) is 1. The minimum absolute atomic E-state index is 0.00796. The zero-order chi connectivity index (χ0) is 25.4. The van der Waals surface area contributed by atoms with Gasteiger partial charge in [-0.1, -0.05) is 30.3 Å². The van der Waals surface area contributed by atoms with E-state index in [1.54, 1.807) is 6.07 Å². The van der Waals surface area contributed by atoms with Crippen molar-refractivity contribution in [3.63, 3.8) is 0 Å². The third-order valence-electron chi connectivity index (χ3n) is 7.18. The van der Waals surface area contributed by atoms with Gasteiger partial charge < -0.3 is 15.0 Å². The molecule has 0 bridgehead atoms. The van der Waals surface area contributed by atoms with Gasteiger partial charge in [0.25, 0.3) is 0 Å². The summed E-state index contributed by atoms with van der Waals surface area (Å²) in [4.78, 5) is 26.5. The number of benzene rings is 2. The van der Waals surface area contributed by atoms with E-state index < -0.39 is 41.0 Å². The second-order valence-corrected chi connectivity index (χ2v) is 9.11. The number of rotatable bonds is 4. The molecule has 2 fully saturated rings. The van der Waals surface area contributed by atoms with Gasteiger partial charge >= 0.3 is 6.18 Å². The Labute approximate surface area is 199 Å². The van der Waals surface area contributed by atoms with E-state index in [1.165, 1.54) is 36.3 Å². The lowest BCUT2D eigenvalue weighted by Crippen LogP contribution is -2.54. The molecule has 2 aromatic rings. The third-order valence-corrected chi connectivity index (χ3v) is 7.18. The van der Waals surface area contributed by atoms with Crippen LogP contribution in [0.4, 0.5) is 22.0 Å². The fourth-order valence-corrected chi connectivity index (χ4v) is 5.37. The van der Waals surface area contributed by atoms with Crippen molar-refractivity contribution in [2.24, 2.45) is 5.41 Å². The molecule has 0 saturated carbocycles.